The zero-order valence-corrected chi connectivity index (χ0v) is 10.8. The van der Waals surface area contributed by atoms with Crippen LogP contribution in [0, 0.1) is 5.92 Å². The Morgan fingerprint density at radius 2 is 2.12 bits per heavy atom. The van der Waals surface area contributed by atoms with Crippen molar-refractivity contribution in [1.29, 1.82) is 0 Å². The van der Waals surface area contributed by atoms with Crippen molar-refractivity contribution in [3.63, 3.8) is 0 Å². The Morgan fingerprint density at radius 3 is 2.76 bits per heavy atom. The summed E-state index contributed by atoms with van der Waals surface area (Å²) in [4.78, 5) is 14.0. The van der Waals surface area contributed by atoms with Crippen LogP contribution in [0.4, 0.5) is 0 Å². The van der Waals surface area contributed by atoms with Crippen molar-refractivity contribution in [2.24, 2.45) is 5.92 Å². The monoisotopic (exact) mass is 240 g/mol. The minimum Gasteiger partial charge on any atom is -0.381 e. The van der Waals surface area contributed by atoms with Gasteiger partial charge in [0.25, 0.3) is 0 Å². The molecule has 2 aliphatic heterocycles. The van der Waals surface area contributed by atoms with Crippen LogP contribution in [-0.4, -0.2) is 50.2 Å². The fourth-order valence-corrected chi connectivity index (χ4v) is 2.68. The number of likely N-dealkylation sites (N-methyl/N-ethyl adjacent to an activating group) is 1. The van der Waals surface area contributed by atoms with Crippen LogP contribution in [0.5, 0.6) is 0 Å². The van der Waals surface area contributed by atoms with E-state index in [0.29, 0.717) is 0 Å². The molecule has 1 atom stereocenters. The van der Waals surface area contributed by atoms with Crippen LogP contribution < -0.4 is 5.32 Å². The summed E-state index contributed by atoms with van der Waals surface area (Å²) in [6.07, 6.45) is 5.57. The maximum atomic E-state index is 12.1. The van der Waals surface area contributed by atoms with Gasteiger partial charge >= 0.3 is 0 Å². The van der Waals surface area contributed by atoms with Gasteiger partial charge in [-0.3, -0.25) is 4.79 Å². The highest BCUT2D eigenvalue weighted by Crippen LogP contribution is 2.19. The quantitative estimate of drug-likeness (QED) is 0.797. The van der Waals surface area contributed by atoms with Gasteiger partial charge in [0.05, 0.1) is 6.04 Å². The Hall–Kier alpha value is -0.610. The smallest absolute Gasteiger partial charge is 0.239 e. The van der Waals surface area contributed by atoms with Crippen molar-refractivity contribution in [2.45, 2.75) is 38.1 Å². The summed E-state index contributed by atoms with van der Waals surface area (Å²) in [7, 11) is 1.93. The summed E-state index contributed by atoms with van der Waals surface area (Å²) in [6.45, 7) is 3.67. The summed E-state index contributed by atoms with van der Waals surface area (Å²) in [5.74, 6) is 1.02. The van der Waals surface area contributed by atoms with E-state index in [-0.39, 0.29) is 11.9 Å². The van der Waals surface area contributed by atoms with Gasteiger partial charge < -0.3 is 15.0 Å². The van der Waals surface area contributed by atoms with Gasteiger partial charge in [0.1, 0.15) is 0 Å². The Balaban J connectivity index is 1.68. The van der Waals surface area contributed by atoms with Gasteiger partial charge in [0.2, 0.25) is 5.91 Å². The van der Waals surface area contributed by atoms with E-state index in [2.05, 4.69) is 5.32 Å². The molecule has 1 N–H and O–H groups in total. The third kappa shape index (κ3) is 3.68. The lowest BCUT2D eigenvalue weighted by Gasteiger charge is -2.26. The van der Waals surface area contributed by atoms with Crippen molar-refractivity contribution < 1.29 is 9.53 Å². The summed E-state index contributed by atoms with van der Waals surface area (Å²) in [5.41, 5.74) is 0. The minimum atomic E-state index is 0.0784. The molecule has 2 heterocycles. The van der Waals surface area contributed by atoms with Crippen molar-refractivity contribution in [3.05, 3.63) is 0 Å². The maximum Gasteiger partial charge on any atom is 0.239 e. The second-order valence-electron chi connectivity index (χ2n) is 5.25. The SMILES string of the molecule is CN(CCC1CCOCC1)C(=O)C1CCCN1. The second-order valence-corrected chi connectivity index (χ2v) is 5.25. The lowest BCUT2D eigenvalue weighted by molar-refractivity contribution is -0.132. The minimum absolute atomic E-state index is 0.0784. The van der Waals surface area contributed by atoms with Crippen molar-refractivity contribution in [1.82, 2.24) is 10.2 Å². The molecule has 0 aromatic rings. The number of rotatable bonds is 4. The normalized spacial score (nSPS) is 26.1. The summed E-state index contributed by atoms with van der Waals surface area (Å²) < 4.78 is 5.34. The molecule has 2 saturated heterocycles. The number of nitrogens with one attached hydrogen (secondary N) is 1. The molecule has 0 spiro atoms. The summed E-state index contributed by atoms with van der Waals surface area (Å²) in [5, 5.41) is 3.26. The zero-order valence-electron chi connectivity index (χ0n) is 10.8. The number of carbonyl (C=O) groups excluding carboxylic acids is 1. The Morgan fingerprint density at radius 1 is 1.35 bits per heavy atom. The number of amides is 1. The van der Waals surface area contributed by atoms with E-state index < -0.39 is 0 Å². The first-order valence-electron chi connectivity index (χ1n) is 6.83. The van der Waals surface area contributed by atoms with Crippen LogP contribution in [0.3, 0.4) is 0 Å². The first-order valence-corrected chi connectivity index (χ1v) is 6.83. The largest absolute Gasteiger partial charge is 0.381 e. The molecule has 17 heavy (non-hydrogen) atoms. The molecular weight excluding hydrogens is 216 g/mol. The molecule has 0 aromatic carbocycles. The standard InChI is InChI=1S/C13H24N2O2/c1-15(13(16)12-3-2-7-14-12)8-4-11-5-9-17-10-6-11/h11-12,14H,2-10H2,1H3. The van der Waals surface area contributed by atoms with Gasteiger partial charge in [0, 0.05) is 26.8 Å². The average molecular weight is 240 g/mol. The van der Waals surface area contributed by atoms with Crippen LogP contribution in [0.25, 0.3) is 0 Å². The summed E-state index contributed by atoms with van der Waals surface area (Å²) >= 11 is 0. The van der Waals surface area contributed by atoms with E-state index in [1.807, 2.05) is 11.9 Å². The van der Waals surface area contributed by atoms with Crippen LogP contribution >= 0.6 is 0 Å². The highest BCUT2D eigenvalue weighted by Gasteiger charge is 2.25. The molecule has 4 heteroatoms. The molecule has 4 nitrogen and oxygen atoms in total. The lowest BCUT2D eigenvalue weighted by Crippen LogP contribution is -2.42. The van der Waals surface area contributed by atoms with Gasteiger partial charge in [-0.1, -0.05) is 0 Å². The van der Waals surface area contributed by atoms with E-state index in [1.54, 1.807) is 0 Å². The molecule has 1 unspecified atom stereocenters. The maximum absolute atomic E-state index is 12.1. The third-order valence-corrected chi connectivity index (χ3v) is 3.95. The van der Waals surface area contributed by atoms with Crippen LogP contribution in [0.1, 0.15) is 32.1 Å². The van der Waals surface area contributed by atoms with Gasteiger partial charge in [-0.2, -0.15) is 0 Å². The Labute approximate surface area is 104 Å². The third-order valence-electron chi connectivity index (χ3n) is 3.95. The highest BCUT2D eigenvalue weighted by molar-refractivity contribution is 5.81. The van der Waals surface area contributed by atoms with E-state index in [1.165, 1.54) is 0 Å². The number of hydrogen-bond donors (Lipinski definition) is 1. The molecule has 98 valence electrons. The average Bonchev–Trinajstić information content (AvgIpc) is 2.90. The van der Waals surface area contributed by atoms with E-state index in [9.17, 15) is 4.79 Å². The van der Waals surface area contributed by atoms with E-state index in [0.717, 1.165) is 64.3 Å². The second kappa shape index (κ2) is 6.36. The van der Waals surface area contributed by atoms with E-state index >= 15 is 0 Å². The molecular formula is C13H24N2O2. The molecule has 0 aromatic heterocycles. The number of nitrogens with zero attached hydrogens (tertiary/aromatic N) is 1. The van der Waals surface area contributed by atoms with Gasteiger partial charge in [-0.15, -0.1) is 0 Å². The van der Waals surface area contributed by atoms with Crippen molar-refractivity contribution >= 4 is 5.91 Å². The molecule has 2 rings (SSSR count). The number of hydrogen-bond acceptors (Lipinski definition) is 3. The van der Waals surface area contributed by atoms with Crippen molar-refractivity contribution in [3.8, 4) is 0 Å². The van der Waals surface area contributed by atoms with Gasteiger partial charge in [-0.05, 0) is 44.6 Å². The van der Waals surface area contributed by atoms with Crippen LogP contribution in [-0.2, 0) is 9.53 Å². The van der Waals surface area contributed by atoms with Gasteiger partial charge in [0.15, 0.2) is 0 Å². The fourth-order valence-electron chi connectivity index (χ4n) is 2.68. The van der Waals surface area contributed by atoms with E-state index in [4.69, 9.17) is 4.74 Å². The molecule has 0 radical (unpaired) electrons. The zero-order chi connectivity index (χ0) is 12.1. The number of carbonyl (C=O) groups is 1. The molecule has 1 amide bonds. The Bertz CT molecular complexity index is 246. The first-order chi connectivity index (χ1) is 8.27. The molecule has 2 aliphatic rings. The van der Waals surface area contributed by atoms with Crippen LogP contribution in [0.2, 0.25) is 0 Å². The topological polar surface area (TPSA) is 41.6 Å². The fraction of sp³-hybridized carbons (Fsp3) is 0.923. The lowest BCUT2D eigenvalue weighted by atomic mass is 9.96. The van der Waals surface area contributed by atoms with Crippen LogP contribution in [0.15, 0.2) is 0 Å². The van der Waals surface area contributed by atoms with Gasteiger partial charge in [-0.25, -0.2) is 0 Å². The molecule has 2 fully saturated rings. The summed E-state index contributed by atoms with van der Waals surface area (Å²) in [6, 6.07) is 0.0784. The number of ether oxygens (including phenoxy) is 1. The molecule has 0 aliphatic carbocycles. The molecule has 0 bridgehead atoms. The highest BCUT2D eigenvalue weighted by atomic mass is 16.5. The van der Waals surface area contributed by atoms with Crippen molar-refractivity contribution in [2.75, 3.05) is 33.4 Å². The molecule has 0 saturated carbocycles. The predicted octanol–water partition coefficient (Wildman–Crippen LogP) is 1.01. The first kappa shape index (κ1) is 12.8. The predicted molar refractivity (Wildman–Crippen MR) is 66.8 cm³/mol. The Kier molecular flexibility index (Phi) is 4.80.